The summed E-state index contributed by atoms with van der Waals surface area (Å²) in [6, 6.07) is 3.63. The maximum Gasteiger partial charge on any atom is 0.224 e. The van der Waals surface area contributed by atoms with Gasteiger partial charge in [0.15, 0.2) is 11.5 Å². The number of nitrogens with one attached hydrogen (secondary N) is 2. The van der Waals surface area contributed by atoms with Crippen LogP contribution >= 0.6 is 12.4 Å². The van der Waals surface area contributed by atoms with Crippen molar-refractivity contribution < 1.29 is 19.0 Å². The summed E-state index contributed by atoms with van der Waals surface area (Å²) in [6.45, 7) is 4.96. The van der Waals surface area contributed by atoms with Crippen LogP contribution in [0.3, 0.4) is 0 Å². The minimum absolute atomic E-state index is 0. The van der Waals surface area contributed by atoms with Gasteiger partial charge in [-0.25, -0.2) is 0 Å². The van der Waals surface area contributed by atoms with E-state index in [0.717, 1.165) is 31.5 Å². The monoisotopic (exact) mass is 372 g/mol. The molecule has 6 nitrogen and oxygen atoms in total. The molecular formula is C18H29ClN2O4. The molecule has 0 unspecified atom stereocenters. The summed E-state index contributed by atoms with van der Waals surface area (Å²) in [5, 5.41) is 6.42. The van der Waals surface area contributed by atoms with E-state index < -0.39 is 0 Å². The van der Waals surface area contributed by atoms with Gasteiger partial charge >= 0.3 is 0 Å². The summed E-state index contributed by atoms with van der Waals surface area (Å²) in [6.07, 6.45) is 2.44. The second-order valence-electron chi connectivity index (χ2n) is 6.55. The predicted octanol–water partition coefficient (Wildman–Crippen LogP) is 2.18. The zero-order valence-corrected chi connectivity index (χ0v) is 16.3. The third kappa shape index (κ3) is 5.68. The lowest BCUT2D eigenvalue weighted by molar-refractivity contribution is -0.121. The molecule has 2 N–H and O–H groups in total. The van der Waals surface area contributed by atoms with Crippen LogP contribution < -0.4 is 24.8 Å². The van der Waals surface area contributed by atoms with Crippen molar-refractivity contribution in [3.8, 4) is 17.2 Å². The summed E-state index contributed by atoms with van der Waals surface area (Å²) in [4.78, 5) is 12.3. The van der Waals surface area contributed by atoms with Crippen LogP contribution in [0.25, 0.3) is 0 Å². The Bertz CT molecular complexity index is 549. The molecule has 0 atom stereocenters. The molecule has 0 radical (unpaired) electrons. The highest BCUT2D eigenvalue weighted by Gasteiger charge is 2.27. The third-order valence-corrected chi connectivity index (χ3v) is 4.61. The van der Waals surface area contributed by atoms with Crippen molar-refractivity contribution in [2.45, 2.75) is 26.2 Å². The maximum atomic E-state index is 12.3. The van der Waals surface area contributed by atoms with Gasteiger partial charge in [-0.3, -0.25) is 4.79 Å². The first-order chi connectivity index (χ1) is 11.5. The second-order valence-corrected chi connectivity index (χ2v) is 6.55. The normalized spacial score (nSPS) is 15.7. The van der Waals surface area contributed by atoms with Crippen molar-refractivity contribution in [2.24, 2.45) is 5.41 Å². The molecule has 1 amide bonds. The fraction of sp³-hybridized carbons (Fsp3) is 0.611. The van der Waals surface area contributed by atoms with Crippen LogP contribution in [0, 0.1) is 5.41 Å². The highest BCUT2D eigenvalue weighted by molar-refractivity contribution is 5.85. The van der Waals surface area contributed by atoms with Gasteiger partial charge in [-0.2, -0.15) is 0 Å². The topological polar surface area (TPSA) is 68.8 Å². The molecule has 7 heteroatoms. The molecule has 0 aliphatic carbocycles. The van der Waals surface area contributed by atoms with Gasteiger partial charge in [-0.05, 0) is 49.0 Å². The van der Waals surface area contributed by atoms with Gasteiger partial charge in [0.25, 0.3) is 0 Å². The van der Waals surface area contributed by atoms with Gasteiger partial charge in [-0.1, -0.05) is 6.92 Å². The average Bonchev–Trinajstić information content (AvgIpc) is 2.59. The Morgan fingerprint density at radius 2 is 1.68 bits per heavy atom. The van der Waals surface area contributed by atoms with E-state index in [0.29, 0.717) is 23.8 Å². The van der Waals surface area contributed by atoms with E-state index in [1.807, 2.05) is 12.1 Å². The molecule has 1 aliphatic rings. The van der Waals surface area contributed by atoms with Crippen LogP contribution in [-0.2, 0) is 11.2 Å². The van der Waals surface area contributed by atoms with Crippen molar-refractivity contribution >= 4 is 18.3 Å². The fourth-order valence-corrected chi connectivity index (χ4v) is 3.00. The lowest BCUT2D eigenvalue weighted by Gasteiger charge is -2.34. The van der Waals surface area contributed by atoms with Crippen molar-refractivity contribution in [2.75, 3.05) is 41.0 Å². The van der Waals surface area contributed by atoms with Gasteiger partial charge < -0.3 is 24.8 Å². The number of hydrogen-bond acceptors (Lipinski definition) is 5. The Labute approximate surface area is 156 Å². The highest BCUT2D eigenvalue weighted by Crippen LogP contribution is 2.38. The number of methoxy groups -OCH3 is 3. The maximum absolute atomic E-state index is 12.3. The number of benzene rings is 1. The molecule has 1 saturated heterocycles. The van der Waals surface area contributed by atoms with E-state index in [4.69, 9.17) is 14.2 Å². The third-order valence-electron chi connectivity index (χ3n) is 4.61. The number of ether oxygens (including phenoxy) is 3. The lowest BCUT2D eigenvalue weighted by Crippen LogP contribution is -2.43. The van der Waals surface area contributed by atoms with Crippen LogP contribution in [-0.4, -0.2) is 46.9 Å². The molecule has 0 bridgehead atoms. The number of hydrogen-bond donors (Lipinski definition) is 2. The molecule has 1 fully saturated rings. The first kappa shape index (κ1) is 21.4. The van der Waals surface area contributed by atoms with Gasteiger partial charge in [0.1, 0.15) is 0 Å². The van der Waals surface area contributed by atoms with Crippen LogP contribution in [0.5, 0.6) is 17.2 Å². The summed E-state index contributed by atoms with van der Waals surface area (Å²) in [5.74, 6) is 1.66. The number of amides is 1. The minimum atomic E-state index is 0. The van der Waals surface area contributed by atoms with E-state index in [1.165, 1.54) is 0 Å². The smallest absolute Gasteiger partial charge is 0.224 e. The van der Waals surface area contributed by atoms with Crippen molar-refractivity contribution in [1.82, 2.24) is 10.6 Å². The first-order valence-electron chi connectivity index (χ1n) is 8.27. The van der Waals surface area contributed by atoms with Gasteiger partial charge in [0.2, 0.25) is 11.7 Å². The average molecular weight is 373 g/mol. The largest absolute Gasteiger partial charge is 0.493 e. The van der Waals surface area contributed by atoms with E-state index in [9.17, 15) is 4.79 Å². The van der Waals surface area contributed by atoms with Crippen LogP contribution in [0.15, 0.2) is 12.1 Å². The summed E-state index contributed by atoms with van der Waals surface area (Å²) >= 11 is 0. The SMILES string of the molecule is COc1cc(CC(=O)NCC2(C)CCNCC2)cc(OC)c1OC.Cl. The van der Waals surface area contributed by atoms with Gasteiger partial charge in [0.05, 0.1) is 27.8 Å². The molecule has 1 aromatic rings. The zero-order valence-electron chi connectivity index (χ0n) is 15.4. The van der Waals surface area contributed by atoms with Crippen molar-refractivity contribution in [3.63, 3.8) is 0 Å². The fourth-order valence-electron chi connectivity index (χ4n) is 3.00. The molecule has 1 aromatic carbocycles. The Hall–Kier alpha value is -1.66. The molecule has 0 aromatic heterocycles. The number of piperidine rings is 1. The number of carbonyl (C=O) groups is 1. The van der Waals surface area contributed by atoms with Crippen LogP contribution in [0.2, 0.25) is 0 Å². The van der Waals surface area contributed by atoms with Gasteiger partial charge in [0, 0.05) is 6.54 Å². The van der Waals surface area contributed by atoms with E-state index >= 15 is 0 Å². The van der Waals surface area contributed by atoms with E-state index in [-0.39, 0.29) is 30.2 Å². The molecule has 0 spiro atoms. The summed E-state index contributed by atoms with van der Waals surface area (Å²) < 4.78 is 16.0. The Morgan fingerprint density at radius 3 is 2.16 bits per heavy atom. The summed E-state index contributed by atoms with van der Waals surface area (Å²) in [7, 11) is 4.70. The molecular weight excluding hydrogens is 344 g/mol. The molecule has 1 aliphatic heterocycles. The zero-order chi connectivity index (χ0) is 17.6. The quantitative estimate of drug-likeness (QED) is 0.767. The van der Waals surface area contributed by atoms with Crippen LogP contribution in [0.4, 0.5) is 0 Å². The molecule has 142 valence electrons. The first-order valence-corrected chi connectivity index (χ1v) is 8.27. The second kappa shape index (κ2) is 9.73. The number of carbonyl (C=O) groups excluding carboxylic acids is 1. The standard InChI is InChI=1S/C18H28N2O4.ClH/c1-18(5-7-19-8-6-18)12-20-16(21)11-13-9-14(22-2)17(24-4)15(10-13)23-3;/h9-10,19H,5-8,11-12H2,1-4H3,(H,20,21);1H. The van der Waals surface area contributed by atoms with Gasteiger partial charge in [-0.15, -0.1) is 12.4 Å². The Balaban J connectivity index is 0.00000312. The van der Waals surface area contributed by atoms with Crippen molar-refractivity contribution in [3.05, 3.63) is 17.7 Å². The molecule has 0 saturated carbocycles. The van der Waals surface area contributed by atoms with E-state index in [1.54, 1.807) is 21.3 Å². The van der Waals surface area contributed by atoms with Crippen LogP contribution in [0.1, 0.15) is 25.3 Å². The minimum Gasteiger partial charge on any atom is -0.493 e. The lowest BCUT2D eigenvalue weighted by atomic mass is 9.81. The predicted molar refractivity (Wildman–Crippen MR) is 100 cm³/mol. The Kier molecular flexibility index (Phi) is 8.32. The number of rotatable bonds is 7. The van der Waals surface area contributed by atoms with Crippen molar-refractivity contribution in [1.29, 1.82) is 0 Å². The Morgan fingerprint density at radius 1 is 1.12 bits per heavy atom. The molecule has 1 heterocycles. The molecule has 2 rings (SSSR count). The molecule has 25 heavy (non-hydrogen) atoms. The summed E-state index contributed by atoms with van der Waals surface area (Å²) in [5.41, 5.74) is 1.01. The number of halogens is 1. The highest BCUT2D eigenvalue weighted by atomic mass is 35.5. The van der Waals surface area contributed by atoms with E-state index in [2.05, 4.69) is 17.6 Å².